The summed E-state index contributed by atoms with van der Waals surface area (Å²) in [6.45, 7) is 3.03. The lowest BCUT2D eigenvalue weighted by molar-refractivity contribution is -0.120. The molecule has 1 heterocycles. The molecule has 3 aromatic rings. The molecule has 0 aliphatic rings. The molecule has 140 valence electrons. The first kappa shape index (κ1) is 19.7. The molecular formula is C19H19ClN4OS2. The number of aromatic nitrogens is 2. The number of carbonyl (C=O) groups excluding carboxylic acids is 1. The van der Waals surface area contributed by atoms with Crippen LogP contribution in [0.25, 0.3) is 0 Å². The van der Waals surface area contributed by atoms with Crippen LogP contribution in [-0.2, 0) is 17.9 Å². The van der Waals surface area contributed by atoms with Crippen molar-refractivity contribution in [3.63, 3.8) is 0 Å². The molecule has 3 rings (SSSR count). The van der Waals surface area contributed by atoms with Crippen molar-refractivity contribution in [1.82, 2.24) is 15.5 Å². The molecule has 1 unspecified atom stereocenters. The van der Waals surface area contributed by atoms with Crippen molar-refractivity contribution < 1.29 is 4.79 Å². The topological polar surface area (TPSA) is 66.9 Å². The van der Waals surface area contributed by atoms with E-state index in [2.05, 4.69) is 33.0 Å². The second kappa shape index (κ2) is 9.73. The zero-order chi connectivity index (χ0) is 19.1. The Morgan fingerprint density at radius 2 is 1.78 bits per heavy atom. The highest BCUT2D eigenvalue weighted by Crippen LogP contribution is 2.29. The Labute approximate surface area is 171 Å². The van der Waals surface area contributed by atoms with E-state index < -0.39 is 0 Å². The predicted octanol–water partition coefficient (Wildman–Crippen LogP) is 4.60. The van der Waals surface area contributed by atoms with Gasteiger partial charge in [0.15, 0.2) is 4.34 Å². The Bertz CT molecular complexity index is 871. The van der Waals surface area contributed by atoms with Crippen molar-refractivity contribution in [2.45, 2.75) is 29.6 Å². The lowest BCUT2D eigenvalue weighted by atomic mass is 10.2. The van der Waals surface area contributed by atoms with Crippen LogP contribution < -0.4 is 10.6 Å². The molecule has 0 aliphatic heterocycles. The van der Waals surface area contributed by atoms with E-state index in [1.807, 2.05) is 49.4 Å². The summed E-state index contributed by atoms with van der Waals surface area (Å²) in [4.78, 5) is 12.3. The lowest BCUT2D eigenvalue weighted by Crippen LogP contribution is -2.30. The van der Waals surface area contributed by atoms with Crippen LogP contribution in [0, 0.1) is 0 Å². The van der Waals surface area contributed by atoms with Gasteiger partial charge in [-0.1, -0.05) is 77.2 Å². The van der Waals surface area contributed by atoms with E-state index in [9.17, 15) is 4.79 Å². The number of halogens is 1. The zero-order valence-electron chi connectivity index (χ0n) is 14.7. The minimum atomic E-state index is -0.257. The minimum absolute atomic E-state index is 0.0380. The molecule has 2 aromatic carbocycles. The molecule has 1 aromatic heterocycles. The fourth-order valence-electron chi connectivity index (χ4n) is 2.24. The van der Waals surface area contributed by atoms with E-state index in [4.69, 9.17) is 11.6 Å². The van der Waals surface area contributed by atoms with Gasteiger partial charge in [-0.15, -0.1) is 10.2 Å². The molecule has 27 heavy (non-hydrogen) atoms. The molecule has 0 bridgehead atoms. The van der Waals surface area contributed by atoms with Crippen LogP contribution in [0.4, 0.5) is 5.13 Å². The number of rotatable bonds is 8. The Kier molecular flexibility index (Phi) is 7.09. The van der Waals surface area contributed by atoms with Gasteiger partial charge in [0.2, 0.25) is 11.0 Å². The number of nitrogens with zero attached hydrogens (tertiary/aromatic N) is 2. The van der Waals surface area contributed by atoms with Crippen LogP contribution in [0.15, 0.2) is 58.9 Å². The summed E-state index contributed by atoms with van der Waals surface area (Å²) in [5.41, 5.74) is 2.19. The van der Waals surface area contributed by atoms with Gasteiger partial charge in [-0.05, 0) is 30.2 Å². The number of amides is 1. The number of anilines is 1. The summed E-state index contributed by atoms with van der Waals surface area (Å²) < 4.78 is 0.764. The fraction of sp³-hybridized carbons (Fsp3) is 0.211. The molecule has 8 heteroatoms. The summed E-state index contributed by atoms with van der Waals surface area (Å²) in [7, 11) is 0. The Hall–Kier alpha value is -2.09. The Morgan fingerprint density at radius 3 is 2.52 bits per heavy atom. The largest absolute Gasteiger partial charge is 0.356 e. The van der Waals surface area contributed by atoms with E-state index >= 15 is 0 Å². The van der Waals surface area contributed by atoms with Gasteiger partial charge in [-0.3, -0.25) is 4.79 Å². The van der Waals surface area contributed by atoms with Crippen molar-refractivity contribution in [2.24, 2.45) is 0 Å². The summed E-state index contributed by atoms with van der Waals surface area (Å²) >= 11 is 8.72. The van der Waals surface area contributed by atoms with Crippen LogP contribution >= 0.6 is 34.7 Å². The maximum Gasteiger partial charge on any atom is 0.233 e. The third kappa shape index (κ3) is 6.23. The SMILES string of the molecule is CC(Sc1nnc(NCc2ccccc2)s1)C(=O)NCc1ccc(Cl)cc1. The molecule has 2 N–H and O–H groups in total. The highest BCUT2D eigenvalue weighted by molar-refractivity contribution is 8.02. The molecule has 0 saturated heterocycles. The summed E-state index contributed by atoms with van der Waals surface area (Å²) in [6, 6.07) is 17.5. The lowest BCUT2D eigenvalue weighted by Gasteiger charge is -2.10. The maximum atomic E-state index is 12.3. The summed E-state index contributed by atoms with van der Waals surface area (Å²) in [5.74, 6) is -0.0380. The van der Waals surface area contributed by atoms with Gasteiger partial charge in [0.1, 0.15) is 0 Å². The highest BCUT2D eigenvalue weighted by atomic mass is 35.5. The monoisotopic (exact) mass is 418 g/mol. The summed E-state index contributed by atoms with van der Waals surface area (Å²) in [5, 5.41) is 15.6. The van der Waals surface area contributed by atoms with Crippen LogP contribution in [0.5, 0.6) is 0 Å². The van der Waals surface area contributed by atoms with Crippen molar-refractivity contribution >= 4 is 45.7 Å². The molecule has 0 saturated carbocycles. The van der Waals surface area contributed by atoms with Gasteiger partial charge in [-0.2, -0.15) is 0 Å². The molecule has 1 atom stereocenters. The molecule has 1 amide bonds. The van der Waals surface area contributed by atoms with Gasteiger partial charge < -0.3 is 10.6 Å². The van der Waals surface area contributed by atoms with Crippen molar-refractivity contribution in [2.75, 3.05) is 5.32 Å². The van der Waals surface area contributed by atoms with Crippen LogP contribution in [-0.4, -0.2) is 21.4 Å². The Balaban J connectivity index is 1.45. The second-order valence-electron chi connectivity index (χ2n) is 5.82. The van der Waals surface area contributed by atoms with E-state index in [-0.39, 0.29) is 11.2 Å². The molecular weight excluding hydrogens is 400 g/mol. The minimum Gasteiger partial charge on any atom is -0.356 e. The number of hydrogen-bond acceptors (Lipinski definition) is 6. The Morgan fingerprint density at radius 1 is 1.07 bits per heavy atom. The first-order chi connectivity index (χ1) is 13.1. The van der Waals surface area contributed by atoms with Gasteiger partial charge >= 0.3 is 0 Å². The number of hydrogen-bond donors (Lipinski definition) is 2. The van der Waals surface area contributed by atoms with Crippen LogP contribution in [0.1, 0.15) is 18.1 Å². The van der Waals surface area contributed by atoms with Crippen molar-refractivity contribution in [1.29, 1.82) is 0 Å². The van der Waals surface area contributed by atoms with Crippen molar-refractivity contribution in [3.05, 3.63) is 70.7 Å². The normalized spacial score (nSPS) is 11.8. The number of carbonyl (C=O) groups is 1. The smallest absolute Gasteiger partial charge is 0.233 e. The first-order valence-electron chi connectivity index (χ1n) is 8.40. The molecule has 0 spiro atoms. The fourth-order valence-corrected chi connectivity index (χ4v) is 4.28. The van der Waals surface area contributed by atoms with Crippen LogP contribution in [0.3, 0.4) is 0 Å². The van der Waals surface area contributed by atoms with Gasteiger partial charge in [0, 0.05) is 18.1 Å². The predicted molar refractivity (Wildman–Crippen MR) is 112 cm³/mol. The quantitative estimate of drug-likeness (QED) is 0.523. The number of benzene rings is 2. The first-order valence-corrected chi connectivity index (χ1v) is 10.5. The maximum absolute atomic E-state index is 12.3. The third-order valence-electron chi connectivity index (χ3n) is 3.72. The zero-order valence-corrected chi connectivity index (χ0v) is 17.1. The van der Waals surface area contributed by atoms with E-state index in [1.165, 1.54) is 28.7 Å². The van der Waals surface area contributed by atoms with Crippen LogP contribution in [0.2, 0.25) is 5.02 Å². The number of thioether (sulfide) groups is 1. The highest BCUT2D eigenvalue weighted by Gasteiger charge is 2.17. The average molecular weight is 419 g/mol. The van der Waals surface area contributed by atoms with E-state index in [0.717, 1.165) is 15.0 Å². The average Bonchev–Trinajstić information content (AvgIpc) is 3.14. The second-order valence-corrected chi connectivity index (χ2v) is 8.82. The molecule has 5 nitrogen and oxygen atoms in total. The van der Waals surface area contributed by atoms with E-state index in [0.29, 0.717) is 18.1 Å². The van der Waals surface area contributed by atoms with Gasteiger partial charge in [0.25, 0.3) is 0 Å². The number of nitrogens with one attached hydrogen (secondary N) is 2. The van der Waals surface area contributed by atoms with E-state index in [1.54, 1.807) is 0 Å². The van der Waals surface area contributed by atoms with Crippen molar-refractivity contribution in [3.8, 4) is 0 Å². The third-order valence-corrected chi connectivity index (χ3v) is 6.04. The molecule has 0 fully saturated rings. The van der Waals surface area contributed by atoms with Gasteiger partial charge in [-0.25, -0.2) is 0 Å². The summed E-state index contributed by atoms with van der Waals surface area (Å²) in [6.07, 6.45) is 0. The standard InChI is InChI=1S/C19H19ClN4OS2/c1-13(17(25)21-11-15-7-9-16(20)10-8-15)26-19-24-23-18(27-19)22-12-14-5-3-2-4-6-14/h2-10,13H,11-12H2,1H3,(H,21,25)(H,22,23). The molecule has 0 radical (unpaired) electrons. The van der Waals surface area contributed by atoms with Gasteiger partial charge in [0.05, 0.1) is 5.25 Å². The molecule has 0 aliphatic carbocycles.